The monoisotopic (exact) mass is 196 g/mol. The van der Waals surface area contributed by atoms with Crippen LogP contribution in [0.3, 0.4) is 0 Å². The molecule has 1 aromatic heterocycles. The molecule has 0 spiro atoms. The molecule has 0 radical (unpaired) electrons. The van der Waals surface area contributed by atoms with Gasteiger partial charge < -0.3 is 14.7 Å². The van der Waals surface area contributed by atoms with Crippen molar-refractivity contribution < 1.29 is 14.6 Å². The Labute approximate surface area is 81.9 Å². The molecule has 0 aliphatic rings. The normalized spacial score (nSPS) is 9.64. The summed E-state index contributed by atoms with van der Waals surface area (Å²) in [6, 6.07) is 1.52. The van der Waals surface area contributed by atoms with Crippen LogP contribution in [-0.2, 0) is 0 Å². The van der Waals surface area contributed by atoms with Gasteiger partial charge in [0.05, 0.1) is 12.7 Å². The molecule has 0 saturated carbocycles. The van der Waals surface area contributed by atoms with E-state index in [1.165, 1.54) is 19.4 Å². The van der Waals surface area contributed by atoms with E-state index in [1.807, 2.05) is 0 Å². The first kappa shape index (κ1) is 10.3. The fourth-order valence-electron chi connectivity index (χ4n) is 1.04. The molecule has 1 aromatic rings. The highest BCUT2D eigenvalue weighted by Crippen LogP contribution is 2.24. The first-order valence-electron chi connectivity index (χ1n) is 4.01. The second kappa shape index (κ2) is 3.95. The van der Waals surface area contributed by atoms with Gasteiger partial charge in [0, 0.05) is 20.3 Å². The Hall–Kier alpha value is -1.78. The van der Waals surface area contributed by atoms with Crippen molar-refractivity contribution in [3.05, 3.63) is 17.8 Å². The molecule has 1 heterocycles. The highest BCUT2D eigenvalue weighted by atomic mass is 16.5. The molecule has 1 N–H and O–H groups in total. The molecule has 5 heteroatoms. The van der Waals surface area contributed by atoms with Crippen LogP contribution in [0.5, 0.6) is 5.88 Å². The minimum absolute atomic E-state index is 0.148. The Kier molecular flexibility index (Phi) is 2.91. The van der Waals surface area contributed by atoms with Crippen LogP contribution in [0.4, 0.5) is 5.69 Å². The van der Waals surface area contributed by atoms with Crippen molar-refractivity contribution in [1.29, 1.82) is 0 Å². The summed E-state index contributed by atoms with van der Waals surface area (Å²) in [4.78, 5) is 16.3. The van der Waals surface area contributed by atoms with Gasteiger partial charge in [0.1, 0.15) is 5.69 Å². The maximum atomic E-state index is 10.7. The van der Waals surface area contributed by atoms with Crippen LogP contribution in [0, 0.1) is 0 Å². The van der Waals surface area contributed by atoms with E-state index in [2.05, 4.69) is 4.98 Å². The number of pyridine rings is 1. The standard InChI is InChI=1S/C9H12N2O3/c1-11(2)7-4-6(9(12)13)5-10-8(7)14-3/h4-5H,1-3H3,(H,12,13). The molecule has 0 atom stereocenters. The third kappa shape index (κ3) is 1.93. The van der Waals surface area contributed by atoms with Gasteiger partial charge in [0.25, 0.3) is 0 Å². The lowest BCUT2D eigenvalue weighted by Crippen LogP contribution is -2.12. The Balaban J connectivity index is 3.20. The first-order chi connectivity index (χ1) is 6.56. The Morgan fingerprint density at radius 1 is 1.57 bits per heavy atom. The summed E-state index contributed by atoms with van der Waals surface area (Å²) < 4.78 is 5.00. The molecule has 0 aliphatic heterocycles. The average molecular weight is 196 g/mol. The lowest BCUT2D eigenvalue weighted by Gasteiger charge is -2.15. The van der Waals surface area contributed by atoms with Crippen LogP contribution in [0.1, 0.15) is 10.4 Å². The number of methoxy groups -OCH3 is 1. The van der Waals surface area contributed by atoms with Crippen LogP contribution in [0.25, 0.3) is 0 Å². The second-order valence-corrected chi connectivity index (χ2v) is 2.95. The fourth-order valence-corrected chi connectivity index (χ4v) is 1.04. The van der Waals surface area contributed by atoms with E-state index in [0.29, 0.717) is 11.6 Å². The molecule has 0 amide bonds. The van der Waals surface area contributed by atoms with E-state index in [0.717, 1.165) is 0 Å². The molecule has 0 unspecified atom stereocenters. The van der Waals surface area contributed by atoms with Crippen molar-refractivity contribution in [2.75, 3.05) is 26.1 Å². The van der Waals surface area contributed by atoms with Gasteiger partial charge in [-0.2, -0.15) is 0 Å². The molecule has 0 saturated heterocycles. The van der Waals surface area contributed by atoms with E-state index in [4.69, 9.17) is 9.84 Å². The summed E-state index contributed by atoms with van der Waals surface area (Å²) in [5.41, 5.74) is 0.793. The van der Waals surface area contributed by atoms with E-state index < -0.39 is 5.97 Å². The van der Waals surface area contributed by atoms with Gasteiger partial charge in [-0.1, -0.05) is 0 Å². The van der Waals surface area contributed by atoms with Crippen LogP contribution in [-0.4, -0.2) is 37.3 Å². The average Bonchev–Trinajstić information content (AvgIpc) is 2.16. The maximum Gasteiger partial charge on any atom is 0.337 e. The van der Waals surface area contributed by atoms with E-state index in [-0.39, 0.29) is 5.56 Å². The van der Waals surface area contributed by atoms with Gasteiger partial charge in [0.2, 0.25) is 5.88 Å². The quantitative estimate of drug-likeness (QED) is 0.776. The minimum atomic E-state index is -0.997. The topological polar surface area (TPSA) is 62.7 Å². The number of anilines is 1. The predicted molar refractivity (Wildman–Crippen MR) is 52.1 cm³/mol. The zero-order valence-corrected chi connectivity index (χ0v) is 8.31. The van der Waals surface area contributed by atoms with Crippen LogP contribution < -0.4 is 9.64 Å². The smallest absolute Gasteiger partial charge is 0.337 e. The summed E-state index contributed by atoms with van der Waals surface area (Å²) in [5, 5.41) is 8.76. The number of aromatic nitrogens is 1. The van der Waals surface area contributed by atoms with Crippen LogP contribution in [0.15, 0.2) is 12.3 Å². The highest BCUT2D eigenvalue weighted by Gasteiger charge is 2.11. The fraction of sp³-hybridized carbons (Fsp3) is 0.333. The van der Waals surface area contributed by atoms with Crippen molar-refractivity contribution in [2.45, 2.75) is 0 Å². The van der Waals surface area contributed by atoms with Gasteiger partial charge in [-0.15, -0.1) is 0 Å². The molecule has 0 aliphatic carbocycles. The summed E-state index contributed by atoms with van der Waals surface area (Å²) in [6.07, 6.45) is 1.27. The van der Waals surface area contributed by atoms with E-state index >= 15 is 0 Å². The number of aromatic carboxylic acids is 1. The number of carboxylic acid groups (broad SMARTS) is 1. The molecule has 0 aromatic carbocycles. The first-order valence-corrected chi connectivity index (χ1v) is 4.01. The van der Waals surface area contributed by atoms with Gasteiger partial charge >= 0.3 is 5.97 Å². The highest BCUT2D eigenvalue weighted by molar-refractivity contribution is 5.88. The summed E-state index contributed by atoms with van der Waals surface area (Å²) in [6.45, 7) is 0. The Morgan fingerprint density at radius 3 is 2.64 bits per heavy atom. The molecule has 76 valence electrons. The largest absolute Gasteiger partial charge is 0.480 e. The zero-order valence-electron chi connectivity index (χ0n) is 8.31. The van der Waals surface area contributed by atoms with Gasteiger partial charge in [0.15, 0.2) is 0 Å². The minimum Gasteiger partial charge on any atom is -0.480 e. The second-order valence-electron chi connectivity index (χ2n) is 2.95. The van der Waals surface area contributed by atoms with Gasteiger partial charge in [-0.3, -0.25) is 0 Å². The third-order valence-corrected chi connectivity index (χ3v) is 1.75. The number of carboxylic acids is 1. The predicted octanol–water partition coefficient (Wildman–Crippen LogP) is 0.854. The van der Waals surface area contributed by atoms with E-state index in [9.17, 15) is 4.79 Å². The van der Waals surface area contributed by atoms with Gasteiger partial charge in [-0.25, -0.2) is 9.78 Å². The third-order valence-electron chi connectivity index (χ3n) is 1.75. The van der Waals surface area contributed by atoms with Crippen molar-refractivity contribution >= 4 is 11.7 Å². The lowest BCUT2D eigenvalue weighted by molar-refractivity contribution is 0.0696. The van der Waals surface area contributed by atoms with Crippen LogP contribution >= 0.6 is 0 Å². The SMILES string of the molecule is COc1ncc(C(=O)O)cc1N(C)C. The van der Waals surface area contributed by atoms with Crippen LogP contribution in [0.2, 0.25) is 0 Å². The van der Waals surface area contributed by atoms with Crippen molar-refractivity contribution in [3.8, 4) is 5.88 Å². The number of hydrogen-bond acceptors (Lipinski definition) is 4. The molecule has 0 fully saturated rings. The van der Waals surface area contributed by atoms with Gasteiger partial charge in [-0.05, 0) is 6.07 Å². The van der Waals surface area contributed by atoms with Crippen molar-refractivity contribution in [2.24, 2.45) is 0 Å². The molecular weight excluding hydrogens is 184 g/mol. The Morgan fingerprint density at radius 2 is 2.21 bits per heavy atom. The summed E-state index contributed by atoms with van der Waals surface area (Å²) in [7, 11) is 5.09. The van der Waals surface area contributed by atoms with Crippen molar-refractivity contribution in [1.82, 2.24) is 4.98 Å². The molecular formula is C9H12N2O3. The molecule has 1 rings (SSSR count). The number of carbonyl (C=O) groups is 1. The number of nitrogens with zero attached hydrogens (tertiary/aromatic N) is 2. The lowest BCUT2D eigenvalue weighted by atomic mass is 10.2. The van der Waals surface area contributed by atoms with E-state index in [1.54, 1.807) is 19.0 Å². The number of hydrogen-bond donors (Lipinski definition) is 1. The Bertz CT molecular complexity index is 350. The molecule has 0 bridgehead atoms. The number of rotatable bonds is 3. The summed E-state index contributed by atoms with van der Waals surface area (Å²) in [5.74, 6) is -0.580. The molecule has 14 heavy (non-hydrogen) atoms. The van der Waals surface area contributed by atoms with Crippen molar-refractivity contribution in [3.63, 3.8) is 0 Å². The maximum absolute atomic E-state index is 10.7. The number of ether oxygens (including phenoxy) is 1. The molecule has 5 nitrogen and oxygen atoms in total. The summed E-state index contributed by atoms with van der Waals surface area (Å²) >= 11 is 0. The zero-order chi connectivity index (χ0) is 10.7.